The summed E-state index contributed by atoms with van der Waals surface area (Å²) >= 11 is 5.62. The molecule has 0 fully saturated rings. The summed E-state index contributed by atoms with van der Waals surface area (Å²) in [5, 5.41) is -0.298. The first-order chi connectivity index (χ1) is 8.24. The van der Waals surface area contributed by atoms with Crippen molar-refractivity contribution in [3.63, 3.8) is 0 Å². The largest absolute Gasteiger partial charge is 0.396 e. The van der Waals surface area contributed by atoms with E-state index in [-0.39, 0.29) is 28.6 Å². The van der Waals surface area contributed by atoms with Gasteiger partial charge < -0.3 is 11.5 Å². The summed E-state index contributed by atoms with van der Waals surface area (Å²) in [6.45, 7) is -0.175. The zero-order valence-electron chi connectivity index (χ0n) is 9.11. The minimum Gasteiger partial charge on any atom is -0.396 e. The Morgan fingerprint density at radius 1 is 1.44 bits per heavy atom. The molecule has 0 radical (unpaired) electrons. The van der Waals surface area contributed by atoms with Crippen molar-refractivity contribution in [2.24, 2.45) is 5.73 Å². The van der Waals surface area contributed by atoms with Crippen molar-refractivity contribution in [1.82, 2.24) is 4.72 Å². The van der Waals surface area contributed by atoms with Gasteiger partial charge in [0.05, 0.1) is 10.7 Å². The van der Waals surface area contributed by atoms with Crippen molar-refractivity contribution in [2.45, 2.75) is 11.3 Å². The van der Waals surface area contributed by atoms with E-state index in [4.69, 9.17) is 23.1 Å². The number of rotatable bonds is 5. The lowest BCUT2D eigenvalue weighted by molar-refractivity contribution is -0.117. The Hall–Kier alpha value is -1.38. The number of nitrogens with one attached hydrogen (secondary N) is 1. The van der Waals surface area contributed by atoms with Gasteiger partial charge in [0.25, 0.3) is 0 Å². The second-order valence-electron chi connectivity index (χ2n) is 3.42. The number of nitrogens with two attached hydrogens (primary N) is 2. The van der Waals surface area contributed by atoms with Crippen molar-refractivity contribution in [3.8, 4) is 0 Å². The summed E-state index contributed by atoms with van der Waals surface area (Å²) in [6.07, 6.45) is -0.159. The topological polar surface area (TPSA) is 115 Å². The lowest BCUT2D eigenvalue weighted by atomic mass is 10.3. The third kappa shape index (κ3) is 3.56. The summed E-state index contributed by atoms with van der Waals surface area (Å²) in [4.78, 5) is 10.1. The third-order valence-electron chi connectivity index (χ3n) is 2.00. The number of anilines is 1. The minimum atomic E-state index is -3.96. The summed E-state index contributed by atoms with van der Waals surface area (Å²) in [5.41, 5.74) is 9.79. The van der Waals surface area contributed by atoms with Crippen molar-refractivity contribution in [1.29, 1.82) is 0 Å². The highest BCUT2D eigenvalue weighted by atomic mass is 35.5. The molecule has 100 valence electrons. The van der Waals surface area contributed by atoms with Crippen LogP contribution in [0.5, 0.6) is 0 Å². The van der Waals surface area contributed by atoms with Gasteiger partial charge in [0.15, 0.2) is 0 Å². The Bertz CT molecular complexity index is 577. The number of amides is 1. The molecule has 0 atom stereocenters. The molecular formula is C9H11ClFN3O3S. The summed E-state index contributed by atoms with van der Waals surface area (Å²) in [5.74, 6) is -1.46. The van der Waals surface area contributed by atoms with Crippen LogP contribution >= 0.6 is 11.6 Å². The number of carbonyl (C=O) groups is 1. The number of hydrogen-bond acceptors (Lipinski definition) is 4. The fraction of sp³-hybridized carbons (Fsp3) is 0.222. The second kappa shape index (κ2) is 5.51. The highest BCUT2D eigenvalue weighted by Crippen LogP contribution is 2.26. The van der Waals surface area contributed by atoms with E-state index in [0.717, 1.165) is 12.1 Å². The molecule has 0 aliphatic heterocycles. The monoisotopic (exact) mass is 295 g/mol. The van der Waals surface area contributed by atoms with Gasteiger partial charge in [-0.25, -0.2) is 17.5 Å². The molecule has 6 nitrogen and oxygen atoms in total. The average molecular weight is 296 g/mol. The number of primary amides is 1. The van der Waals surface area contributed by atoms with Gasteiger partial charge in [-0.1, -0.05) is 11.6 Å². The van der Waals surface area contributed by atoms with Crippen LogP contribution in [-0.2, 0) is 14.8 Å². The highest BCUT2D eigenvalue weighted by molar-refractivity contribution is 7.89. The maximum atomic E-state index is 13.0. The average Bonchev–Trinajstić information content (AvgIpc) is 2.22. The van der Waals surface area contributed by atoms with Gasteiger partial charge in [-0.15, -0.1) is 0 Å². The predicted molar refractivity (Wildman–Crippen MR) is 64.8 cm³/mol. The first-order valence-electron chi connectivity index (χ1n) is 4.76. The molecule has 0 saturated heterocycles. The first kappa shape index (κ1) is 14.7. The standard InChI is InChI=1S/C9H11ClFN3O3S/c10-5-3-6(11)7(12)4-8(5)18(16,17)14-2-1-9(13)15/h3-4,14H,1-2,12H2,(H2,13,15). The molecule has 1 rings (SSSR count). The normalized spacial score (nSPS) is 11.4. The molecule has 0 aromatic heterocycles. The number of nitrogen functional groups attached to an aromatic ring is 1. The molecule has 1 aromatic carbocycles. The zero-order chi connectivity index (χ0) is 13.9. The van der Waals surface area contributed by atoms with Crippen LogP contribution in [0.2, 0.25) is 5.02 Å². The van der Waals surface area contributed by atoms with Crippen LogP contribution in [-0.4, -0.2) is 20.9 Å². The molecule has 0 aliphatic carbocycles. The summed E-state index contributed by atoms with van der Waals surface area (Å²) < 4.78 is 38.7. The van der Waals surface area contributed by atoms with Gasteiger partial charge in [-0.2, -0.15) is 0 Å². The fourth-order valence-electron chi connectivity index (χ4n) is 1.14. The Kier molecular flexibility index (Phi) is 4.49. The molecule has 0 bridgehead atoms. The molecule has 5 N–H and O–H groups in total. The van der Waals surface area contributed by atoms with E-state index in [2.05, 4.69) is 4.72 Å². The zero-order valence-corrected chi connectivity index (χ0v) is 10.7. The molecule has 0 unspecified atom stereocenters. The number of benzene rings is 1. The lowest BCUT2D eigenvalue weighted by Crippen LogP contribution is -2.28. The van der Waals surface area contributed by atoms with Crippen molar-refractivity contribution >= 4 is 33.2 Å². The maximum absolute atomic E-state index is 13.0. The highest BCUT2D eigenvalue weighted by Gasteiger charge is 2.19. The van der Waals surface area contributed by atoms with Crippen molar-refractivity contribution in [3.05, 3.63) is 23.0 Å². The van der Waals surface area contributed by atoms with Crippen LogP contribution in [0.1, 0.15) is 6.42 Å². The first-order valence-corrected chi connectivity index (χ1v) is 6.62. The van der Waals surface area contributed by atoms with Gasteiger partial charge in [0.2, 0.25) is 15.9 Å². The van der Waals surface area contributed by atoms with E-state index in [9.17, 15) is 17.6 Å². The van der Waals surface area contributed by atoms with E-state index in [1.165, 1.54) is 0 Å². The van der Waals surface area contributed by atoms with E-state index in [1.54, 1.807) is 0 Å². The molecule has 0 heterocycles. The van der Waals surface area contributed by atoms with Gasteiger partial charge in [0, 0.05) is 13.0 Å². The molecule has 0 saturated carbocycles. The number of carbonyl (C=O) groups excluding carboxylic acids is 1. The third-order valence-corrected chi connectivity index (χ3v) is 3.93. The van der Waals surface area contributed by atoms with E-state index >= 15 is 0 Å². The maximum Gasteiger partial charge on any atom is 0.242 e. The van der Waals surface area contributed by atoms with Gasteiger partial charge in [0.1, 0.15) is 10.7 Å². The van der Waals surface area contributed by atoms with Gasteiger partial charge in [-0.3, -0.25) is 4.79 Å². The molecule has 1 amide bonds. The smallest absolute Gasteiger partial charge is 0.242 e. The van der Waals surface area contributed by atoms with E-state index < -0.39 is 21.7 Å². The summed E-state index contributed by atoms with van der Waals surface area (Å²) in [6, 6.07) is 1.71. The number of sulfonamides is 1. The Morgan fingerprint density at radius 2 is 2.06 bits per heavy atom. The quantitative estimate of drug-likeness (QED) is 0.674. The molecule has 0 spiro atoms. The number of halogens is 2. The van der Waals surface area contributed by atoms with Crippen LogP contribution < -0.4 is 16.2 Å². The fourth-order valence-corrected chi connectivity index (χ4v) is 2.72. The van der Waals surface area contributed by atoms with Crippen molar-refractivity contribution < 1.29 is 17.6 Å². The Labute approximate surface area is 108 Å². The van der Waals surface area contributed by atoms with E-state index in [1.807, 2.05) is 0 Å². The van der Waals surface area contributed by atoms with Crippen LogP contribution in [0.25, 0.3) is 0 Å². The number of hydrogen-bond donors (Lipinski definition) is 3. The van der Waals surface area contributed by atoms with Crippen LogP contribution in [0.4, 0.5) is 10.1 Å². The van der Waals surface area contributed by atoms with Crippen molar-refractivity contribution in [2.75, 3.05) is 12.3 Å². The van der Waals surface area contributed by atoms with Crippen LogP contribution in [0.3, 0.4) is 0 Å². The molecule has 9 heteroatoms. The van der Waals surface area contributed by atoms with E-state index in [0.29, 0.717) is 0 Å². The molecular weight excluding hydrogens is 285 g/mol. The Morgan fingerprint density at radius 3 is 2.61 bits per heavy atom. The van der Waals surface area contributed by atoms with Gasteiger partial charge >= 0.3 is 0 Å². The summed E-state index contributed by atoms with van der Waals surface area (Å²) in [7, 11) is -3.96. The Balaban J connectivity index is 2.98. The van der Waals surface area contributed by atoms with Crippen LogP contribution in [0.15, 0.2) is 17.0 Å². The second-order valence-corrected chi connectivity index (χ2v) is 5.56. The SMILES string of the molecule is NC(=O)CCNS(=O)(=O)c1cc(N)c(F)cc1Cl. The predicted octanol–water partition coefficient (Wildman–Crippen LogP) is 0.215. The molecule has 0 aliphatic rings. The molecule has 18 heavy (non-hydrogen) atoms. The van der Waals surface area contributed by atoms with Gasteiger partial charge in [-0.05, 0) is 12.1 Å². The lowest BCUT2D eigenvalue weighted by Gasteiger charge is -2.08. The van der Waals surface area contributed by atoms with Crippen LogP contribution in [0, 0.1) is 5.82 Å². The minimum absolute atomic E-state index is 0.159. The molecule has 1 aromatic rings.